The monoisotopic (exact) mass is 267 g/mol. The molecule has 0 spiro atoms. The van der Waals surface area contributed by atoms with Gasteiger partial charge < -0.3 is 10.6 Å². The molecule has 2 rings (SSSR count). The highest BCUT2D eigenvalue weighted by molar-refractivity contribution is 7.17. The molecule has 1 amide bonds. The van der Waals surface area contributed by atoms with E-state index in [1.54, 1.807) is 0 Å². The fourth-order valence-corrected chi connectivity index (χ4v) is 3.46. The minimum Gasteiger partial charge on any atom is -0.375 e. The number of nitrogens with zero attached hydrogens (tertiary/aromatic N) is 2. The van der Waals surface area contributed by atoms with Crippen LogP contribution in [0.3, 0.4) is 0 Å². The summed E-state index contributed by atoms with van der Waals surface area (Å²) < 4.78 is 0. The number of rotatable bonds is 3. The lowest BCUT2D eigenvalue weighted by molar-refractivity contribution is 0.0764. The average Bonchev–Trinajstić information content (AvgIpc) is 2.68. The average molecular weight is 267 g/mol. The molecule has 0 radical (unpaired) electrons. The van der Waals surface area contributed by atoms with Gasteiger partial charge in [0.2, 0.25) is 0 Å². The summed E-state index contributed by atoms with van der Waals surface area (Å²) in [4.78, 5) is 18.9. The van der Waals surface area contributed by atoms with Crippen molar-refractivity contribution in [1.29, 1.82) is 0 Å². The normalized spacial score (nSPS) is 16.8. The third-order valence-electron chi connectivity index (χ3n) is 3.61. The first-order valence-electron chi connectivity index (χ1n) is 6.56. The van der Waals surface area contributed by atoms with E-state index in [4.69, 9.17) is 5.73 Å². The number of nitrogen functional groups attached to an aromatic ring is 1. The van der Waals surface area contributed by atoms with E-state index < -0.39 is 0 Å². The van der Waals surface area contributed by atoms with Gasteiger partial charge in [0.25, 0.3) is 5.91 Å². The molecular formula is C13H21N3OS. The summed E-state index contributed by atoms with van der Waals surface area (Å²) in [7, 11) is 1.88. The van der Waals surface area contributed by atoms with E-state index in [0.717, 1.165) is 12.2 Å². The van der Waals surface area contributed by atoms with E-state index in [2.05, 4.69) is 4.98 Å². The Morgan fingerprint density at radius 1 is 1.44 bits per heavy atom. The van der Waals surface area contributed by atoms with Crippen LogP contribution in [0.15, 0.2) is 0 Å². The molecule has 5 heteroatoms. The third-order valence-corrected chi connectivity index (χ3v) is 4.59. The SMILES string of the molecule is Cc1nc(N)sc1C(=O)N(C)CC1CCCCC1. The second-order valence-electron chi connectivity index (χ2n) is 5.16. The molecule has 1 aliphatic rings. The molecule has 1 fully saturated rings. The summed E-state index contributed by atoms with van der Waals surface area (Å²) in [6, 6.07) is 0. The fraction of sp³-hybridized carbons (Fsp3) is 0.692. The van der Waals surface area contributed by atoms with Gasteiger partial charge in [-0.2, -0.15) is 0 Å². The maximum atomic E-state index is 12.3. The van der Waals surface area contributed by atoms with Crippen LogP contribution in [0.4, 0.5) is 5.13 Å². The molecule has 1 aromatic heterocycles. The number of amides is 1. The zero-order valence-corrected chi connectivity index (χ0v) is 11.9. The summed E-state index contributed by atoms with van der Waals surface area (Å²) in [6.45, 7) is 2.70. The molecule has 1 aromatic rings. The highest BCUT2D eigenvalue weighted by Gasteiger charge is 2.22. The zero-order chi connectivity index (χ0) is 13.1. The molecule has 2 N–H and O–H groups in total. The third kappa shape index (κ3) is 3.02. The zero-order valence-electron chi connectivity index (χ0n) is 11.1. The Labute approximate surface area is 112 Å². The fourth-order valence-electron chi connectivity index (χ4n) is 2.63. The maximum Gasteiger partial charge on any atom is 0.265 e. The van der Waals surface area contributed by atoms with E-state index in [1.807, 2.05) is 18.9 Å². The molecule has 1 saturated carbocycles. The Bertz CT molecular complexity index is 424. The van der Waals surface area contributed by atoms with Gasteiger partial charge in [0.15, 0.2) is 5.13 Å². The van der Waals surface area contributed by atoms with Gasteiger partial charge in [0, 0.05) is 13.6 Å². The molecule has 100 valence electrons. The van der Waals surface area contributed by atoms with Gasteiger partial charge in [-0.1, -0.05) is 30.6 Å². The predicted molar refractivity (Wildman–Crippen MR) is 74.8 cm³/mol. The van der Waals surface area contributed by atoms with Crippen molar-refractivity contribution >= 4 is 22.4 Å². The first-order chi connectivity index (χ1) is 8.58. The first kappa shape index (κ1) is 13.3. The van der Waals surface area contributed by atoms with Gasteiger partial charge in [0.05, 0.1) is 5.69 Å². The number of carbonyl (C=O) groups excluding carboxylic acids is 1. The minimum absolute atomic E-state index is 0.0623. The van der Waals surface area contributed by atoms with Crippen LogP contribution in [-0.2, 0) is 0 Å². The number of hydrogen-bond acceptors (Lipinski definition) is 4. The Morgan fingerprint density at radius 2 is 2.11 bits per heavy atom. The topological polar surface area (TPSA) is 59.2 Å². The van der Waals surface area contributed by atoms with Gasteiger partial charge in [0.1, 0.15) is 4.88 Å². The second kappa shape index (κ2) is 5.69. The standard InChI is InChI=1S/C13H21N3OS/c1-9-11(18-13(14)15-9)12(17)16(2)8-10-6-4-3-5-7-10/h10H,3-8H2,1-2H3,(H2,14,15). The predicted octanol–water partition coefficient (Wildman–Crippen LogP) is 2.69. The van der Waals surface area contributed by atoms with Gasteiger partial charge >= 0.3 is 0 Å². The van der Waals surface area contributed by atoms with Gasteiger partial charge in [-0.15, -0.1) is 0 Å². The van der Waals surface area contributed by atoms with Crippen molar-refractivity contribution in [2.24, 2.45) is 5.92 Å². The Balaban J connectivity index is 1.97. The number of carbonyl (C=O) groups is 1. The van der Waals surface area contributed by atoms with Crippen LogP contribution in [0.2, 0.25) is 0 Å². The Morgan fingerprint density at radius 3 is 2.67 bits per heavy atom. The van der Waals surface area contributed by atoms with Crippen molar-refractivity contribution in [3.63, 3.8) is 0 Å². The lowest BCUT2D eigenvalue weighted by Gasteiger charge is -2.26. The van der Waals surface area contributed by atoms with Crippen molar-refractivity contribution in [3.05, 3.63) is 10.6 Å². The van der Waals surface area contributed by atoms with Crippen LogP contribution in [0, 0.1) is 12.8 Å². The molecule has 0 bridgehead atoms. The summed E-state index contributed by atoms with van der Waals surface area (Å²) in [5, 5.41) is 0.474. The number of thiazole rings is 1. The number of hydrogen-bond donors (Lipinski definition) is 1. The smallest absolute Gasteiger partial charge is 0.265 e. The Kier molecular flexibility index (Phi) is 4.22. The molecule has 0 unspecified atom stereocenters. The van der Waals surface area contributed by atoms with E-state index >= 15 is 0 Å². The summed E-state index contributed by atoms with van der Waals surface area (Å²) in [5.74, 6) is 0.727. The largest absolute Gasteiger partial charge is 0.375 e. The summed E-state index contributed by atoms with van der Waals surface area (Å²) >= 11 is 1.29. The van der Waals surface area contributed by atoms with Crippen LogP contribution in [-0.4, -0.2) is 29.4 Å². The quantitative estimate of drug-likeness (QED) is 0.916. The number of anilines is 1. The number of nitrogens with two attached hydrogens (primary N) is 1. The first-order valence-corrected chi connectivity index (χ1v) is 7.38. The lowest BCUT2D eigenvalue weighted by Crippen LogP contribution is -2.32. The van der Waals surface area contributed by atoms with E-state index in [1.165, 1.54) is 43.4 Å². The van der Waals surface area contributed by atoms with Crippen LogP contribution < -0.4 is 5.73 Å². The van der Waals surface area contributed by atoms with Crippen LogP contribution >= 0.6 is 11.3 Å². The maximum absolute atomic E-state index is 12.3. The van der Waals surface area contributed by atoms with Crippen LogP contribution in [0.1, 0.15) is 47.5 Å². The van der Waals surface area contributed by atoms with Gasteiger partial charge in [-0.05, 0) is 25.7 Å². The molecule has 0 atom stereocenters. The number of aromatic nitrogens is 1. The van der Waals surface area contributed by atoms with Crippen LogP contribution in [0.5, 0.6) is 0 Å². The number of aryl methyl sites for hydroxylation is 1. The molecule has 0 saturated heterocycles. The minimum atomic E-state index is 0.0623. The van der Waals surface area contributed by atoms with Crippen molar-refractivity contribution in [2.45, 2.75) is 39.0 Å². The molecule has 0 aliphatic heterocycles. The molecule has 4 nitrogen and oxygen atoms in total. The highest BCUT2D eigenvalue weighted by atomic mass is 32.1. The highest BCUT2D eigenvalue weighted by Crippen LogP contribution is 2.26. The Hall–Kier alpha value is -1.10. The summed E-state index contributed by atoms with van der Waals surface area (Å²) in [5.41, 5.74) is 6.39. The van der Waals surface area contributed by atoms with Crippen molar-refractivity contribution < 1.29 is 4.79 Å². The summed E-state index contributed by atoms with van der Waals surface area (Å²) in [6.07, 6.45) is 6.46. The molecular weight excluding hydrogens is 246 g/mol. The van der Waals surface area contributed by atoms with Gasteiger partial charge in [-0.25, -0.2) is 4.98 Å². The molecule has 0 aromatic carbocycles. The second-order valence-corrected chi connectivity index (χ2v) is 6.19. The van der Waals surface area contributed by atoms with E-state index in [9.17, 15) is 4.79 Å². The molecule has 18 heavy (non-hydrogen) atoms. The molecule has 1 heterocycles. The van der Waals surface area contributed by atoms with Crippen molar-refractivity contribution in [3.8, 4) is 0 Å². The lowest BCUT2D eigenvalue weighted by atomic mass is 9.89. The molecule has 1 aliphatic carbocycles. The van der Waals surface area contributed by atoms with Crippen molar-refractivity contribution in [1.82, 2.24) is 9.88 Å². The van der Waals surface area contributed by atoms with Gasteiger partial charge in [-0.3, -0.25) is 4.79 Å². The van der Waals surface area contributed by atoms with Crippen LogP contribution in [0.25, 0.3) is 0 Å². The van der Waals surface area contributed by atoms with E-state index in [-0.39, 0.29) is 5.91 Å². The van der Waals surface area contributed by atoms with E-state index in [0.29, 0.717) is 15.9 Å². The van der Waals surface area contributed by atoms with Crippen molar-refractivity contribution in [2.75, 3.05) is 19.3 Å².